The lowest BCUT2D eigenvalue weighted by Gasteiger charge is -2.32. The molecule has 1 aliphatic heterocycles. The average Bonchev–Trinajstić information content (AvgIpc) is 3.25. The molecule has 1 saturated carbocycles. The number of alkyl halides is 5. The zero-order chi connectivity index (χ0) is 31.7. The third-order valence-corrected chi connectivity index (χ3v) is 7.53. The zero-order valence-corrected chi connectivity index (χ0v) is 23.6. The number of nitrogens with one attached hydrogen (secondary N) is 2. The van der Waals surface area contributed by atoms with Crippen LogP contribution < -0.4 is 10.6 Å². The van der Waals surface area contributed by atoms with E-state index in [4.69, 9.17) is 21.5 Å². The molecule has 43 heavy (non-hydrogen) atoms. The van der Waals surface area contributed by atoms with Crippen LogP contribution in [0.2, 0.25) is 5.02 Å². The Hall–Kier alpha value is -4.05. The molecule has 1 saturated heterocycles. The molecule has 0 spiro atoms. The maximum Gasteiger partial charge on any atom is 0.435 e. The van der Waals surface area contributed by atoms with Crippen molar-refractivity contribution < 1.29 is 41.4 Å². The molecule has 2 fully saturated rings. The van der Waals surface area contributed by atoms with Crippen molar-refractivity contribution in [3.05, 3.63) is 52.7 Å². The summed E-state index contributed by atoms with van der Waals surface area (Å²) in [6, 6.07) is 2.98. The highest BCUT2D eigenvalue weighted by Gasteiger charge is 2.59. The number of hydrogen-bond donors (Lipinski definition) is 3. The normalized spacial score (nSPS) is 17.9. The van der Waals surface area contributed by atoms with E-state index in [9.17, 15) is 31.5 Å². The molecule has 1 unspecified atom stereocenters. The third-order valence-electron chi connectivity index (χ3n) is 7.21. The van der Waals surface area contributed by atoms with E-state index in [0.717, 1.165) is 42.9 Å². The Bertz CT molecular complexity index is 1520. The molecule has 3 heterocycles. The molecular formula is C26H27ClF5N7O4. The maximum atomic E-state index is 13.7. The lowest BCUT2D eigenvalue weighted by molar-refractivity contribution is -0.141. The first-order chi connectivity index (χ1) is 20.2. The molecule has 5 rings (SSSR count). The number of carboxylic acid groups (broad SMARTS) is 1. The fourth-order valence-electron chi connectivity index (χ4n) is 4.81. The van der Waals surface area contributed by atoms with Crippen LogP contribution in [0, 0.1) is 0 Å². The quantitative estimate of drug-likeness (QED) is 0.273. The molecule has 1 aliphatic carbocycles. The summed E-state index contributed by atoms with van der Waals surface area (Å²) in [5.74, 6) is -4.39. The molecule has 1 atom stereocenters. The standard InChI is InChI=1S/C25H25ClF5N7O2.CH2O2/c1-36(14-5-7-32-8-6-14)23(40)15-4-3-13(9-17(15)26)34-22(39)21-33-11-18(37(21)2)16-12-38(19-10-24(19,27)28)35-20(16)25(29,30)31;2-1-3/h3-4,9,11-12,14,19,32H,5-8,10H2,1-2H3,(H,34,39);1H,(H,2,3). The number of halogens is 6. The molecular weight excluding hydrogens is 605 g/mol. The average molecular weight is 632 g/mol. The summed E-state index contributed by atoms with van der Waals surface area (Å²) < 4.78 is 69.7. The van der Waals surface area contributed by atoms with E-state index in [2.05, 4.69) is 20.7 Å². The van der Waals surface area contributed by atoms with Crippen LogP contribution in [0.3, 0.4) is 0 Å². The number of nitrogens with zero attached hydrogens (tertiary/aromatic N) is 5. The van der Waals surface area contributed by atoms with Crippen LogP contribution in [0.5, 0.6) is 0 Å². The van der Waals surface area contributed by atoms with Gasteiger partial charge in [-0.15, -0.1) is 0 Å². The number of anilines is 1. The predicted octanol–water partition coefficient (Wildman–Crippen LogP) is 4.31. The van der Waals surface area contributed by atoms with Gasteiger partial charge < -0.3 is 25.2 Å². The zero-order valence-electron chi connectivity index (χ0n) is 22.8. The molecule has 0 bridgehead atoms. The summed E-state index contributed by atoms with van der Waals surface area (Å²) in [7, 11) is 3.04. The number of benzene rings is 1. The first kappa shape index (κ1) is 31.9. The van der Waals surface area contributed by atoms with Gasteiger partial charge in [0.05, 0.1) is 28.0 Å². The first-order valence-corrected chi connectivity index (χ1v) is 13.3. The highest BCUT2D eigenvalue weighted by atomic mass is 35.5. The van der Waals surface area contributed by atoms with Crippen LogP contribution in [0.25, 0.3) is 11.3 Å². The number of carbonyl (C=O) groups excluding carboxylic acids is 2. The lowest BCUT2D eigenvalue weighted by Crippen LogP contribution is -2.44. The largest absolute Gasteiger partial charge is 0.483 e. The third kappa shape index (κ3) is 6.80. The smallest absolute Gasteiger partial charge is 0.435 e. The Morgan fingerprint density at radius 1 is 1.26 bits per heavy atom. The molecule has 0 radical (unpaired) electrons. The summed E-state index contributed by atoms with van der Waals surface area (Å²) in [5, 5.41) is 16.2. The number of carbonyl (C=O) groups is 3. The van der Waals surface area contributed by atoms with Gasteiger partial charge in [0.15, 0.2) is 11.5 Å². The Morgan fingerprint density at radius 3 is 2.44 bits per heavy atom. The van der Waals surface area contributed by atoms with E-state index < -0.39 is 41.7 Å². The van der Waals surface area contributed by atoms with Gasteiger partial charge in [-0.3, -0.25) is 19.1 Å². The number of piperidine rings is 1. The van der Waals surface area contributed by atoms with E-state index >= 15 is 0 Å². The summed E-state index contributed by atoms with van der Waals surface area (Å²) in [6.07, 6.45) is -1.96. The van der Waals surface area contributed by atoms with Gasteiger partial charge in [-0.05, 0) is 44.1 Å². The van der Waals surface area contributed by atoms with E-state index in [1.54, 1.807) is 11.9 Å². The maximum absolute atomic E-state index is 13.7. The topological polar surface area (TPSA) is 134 Å². The molecule has 232 valence electrons. The lowest BCUT2D eigenvalue weighted by atomic mass is 10.0. The highest BCUT2D eigenvalue weighted by molar-refractivity contribution is 6.34. The Kier molecular flexibility index (Phi) is 9.11. The van der Waals surface area contributed by atoms with E-state index in [0.29, 0.717) is 4.68 Å². The van der Waals surface area contributed by atoms with Crippen molar-refractivity contribution >= 4 is 35.6 Å². The summed E-state index contributed by atoms with van der Waals surface area (Å²) in [4.78, 5) is 39.9. The van der Waals surface area contributed by atoms with Crippen molar-refractivity contribution in [2.75, 3.05) is 25.5 Å². The Balaban J connectivity index is 0.00000135. The van der Waals surface area contributed by atoms with Crippen molar-refractivity contribution in [2.24, 2.45) is 7.05 Å². The molecule has 2 aromatic heterocycles. The number of amides is 2. The fourth-order valence-corrected chi connectivity index (χ4v) is 5.07. The monoisotopic (exact) mass is 631 g/mol. The summed E-state index contributed by atoms with van der Waals surface area (Å²) in [5.41, 5.74) is -1.47. The predicted molar refractivity (Wildman–Crippen MR) is 144 cm³/mol. The minimum atomic E-state index is -4.92. The molecule has 1 aromatic carbocycles. The van der Waals surface area contributed by atoms with Gasteiger partial charge in [0, 0.05) is 38.4 Å². The van der Waals surface area contributed by atoms with Gasteiger partial charge in [-0.2, -0.15) is 18.3 Å². The molecule has 17 heteroatoms. The van der Waals surface area contributed by atoms with Crippen LogP contribution in [0.1, 0.15) is 52.0 Å². The number of aromatic nitrogens is 4. The number of hydrogen-bond acceptors (Lipinski definition) is 6. The highest BCUT2D eigenvalue weighted by Crippen LogP contribution is 2.53. The first-order valence-electron chi connectivity index (χ1n) is 12.9. The van der Waals surface area contributed by atoms with Gasteiger partial charge in [0.2, 0.25) is 0 Å². The van der Waals surface area contributed by atoms with Crippen molar-refractivity contribution in [2.45, 2.75) is 43.4 Å². The van der Waals surface area contributed by atoms with Gasteiger partial charge in [-0.25, -0.2) is 13.8 Å². The minimum Gasteiger partial charge on any atom is -0.483 e. The molecule has 2 amide bonds. The van der Waals surface area contributed by atoms with Crippen molar-refractivity contribution in [1.82, 2.24) is 29.5 Å². The summed E-state index contributed by atoms with van der Waals surface area (Å²) >= 11 is 6.36. The molecule has 3 aromatic rings. The second-order valence-corrected chi connectivity index (χ2v) is 10.4. The van der Waals surface area contributed by atoms with Gasteiger partial charge in [0.1, 0.15) is 6.04 Å². The van der Waals surface area contributed by atoms with Crippen LogP contribution in [-0.4, -0.2) is 79.7 Å². The van der Waals surface area contributed by atoms with Crippen LogP contribution in [-0.2, 0) is 18.0 Å². The van der Waals surface area contributed by atoms with Crippen LogP contribution >= 0.6 is 11.6 Å². The van der Waals surface area contributed by atoms with E-state index in [1.807, 2.05) is 0 Å². The number of rotatable bonds is 6. The molecule has 11 nitrogen and oxygen atoms in total. The van der Waals surface area contributed by atoms with E-state index in [-0.39, 0.29) is 46.2 Å². The van der Waals surface area contributed by atoms with Gasteiger partial charge in [-0.1, -0.05) is 11.6 Å². The Labute approximate surface area is 246 Å². The molecule has 3 N–H and O–H groups in total. The van der Waals surface area contributed by atoms with Crippen molar-refractivity contribution in [1.29, 1.82) is 0 Å². The summed E-state index contributed by atoms with van der Waals surface area (Å²) in [6.45, 7) is 1.37. The molecule has 2 aliphatic rings. The van der Waals surface area contributed by atoms with Crippen LogP contribution in [0.15, 0.2) is 30.6 Å². The van der Waals surface area contributed by atoms with Crippen molar-refractivity contribution in [3.8, 4) is 11.3 Å². The van der Waals surface area contributed by atoms with E-state index in [1.165, 1.54) is 25.2 Å². The van der Waals surface area contributed by atoms with Crippen LogP contribution in [0.4, 0.5) is 27.6 Å². The minimum absolute atomic E-state index is 0.0764. The second-order valence-electron chi connectivity index (χ2n) is 10.0. The van der Waals surface area contributed by atoms with Crippen molar-refractivity contribution in [3.63, 3.8) is 0 Å². The number of imidazole rings is 1. The SMILES string of the molecule is CN(C(=O)c1ccc(NC(=O)c2ncc(-c3cn(C4CC4(F)F)nc3C(F)(F)F)n2C)cc1Cl)C1CCNCC1.O=CO. The van der Waals surface area contributed by atoms with Gasteiger partial charge >= 0.3 is 6.18 Å². The fraction of sp³-hybridized carbons (Fsp3) is 0.423. The Morgan fingerprint density at radius 2 is 1.88 bits per heavy atom. The van der Waals surface area contributed by atoms with Gasteiger partial charge in [0.25, 0.3) is 24.2 Å². The second kappa shape index (κ2) is 12.3.